The van der Waals surface area contributed by atoms with Crippen LogP contribution in [0.3, 0.4) is 0 Å². The maximum Gasteiger partial charge on any atom is 0.132 e. The maximum absolute atomic E-state index is 11.1. The van der Waals surface area contributed by atoms with E-state index in [0.29, 0.717) is 26.4 Å². The lowest BCUT2D eigenvalue weighted by Gasteiger charge is -2.44. The Bertz CT molecular complexity index is 956. The number of rotatable bonds is 11. The number of ether oxygens (including phenoxy) is 4. The Morgan fingerprint density at radius 1 is 0.706 bits per heavy atom. The molecule has 180 valence electrons. The van der Waals surface area contributed by atoms with E-state index < -0.39 is 23.7 Å². The molecule has 3 aromatic carbocycles. The first-order chi connectivity index (χ1) is 16.7. The van der Waals surface area contributed by atoms with Gasteiger partial charge in [0.1, 0.15) is 29.9 Å². The van der Waals surface area contributed by atoms with Gasteiger partial charge in [0.2, 0.25) is 0 Å². The van der Waals surface area contributed by atoms with E-state index in [4.69, 9.17) is 18.9 Å². The summed E-state index contributed by atoms with van der Waals surface area (Å²) in [4.78, 5) is 0. The maximum atomic E-state index is 11.1. The Morgan fingerprint density at radius 3 is 1.68 bits per heavy atom. The molecule has 0 saturated carbocycles. The minimum absolute atomic E-state index is 0.337. The van der Waals surface area contributed by atoms with E-state index >= 15 is 0 Å². The molecule has 1 saturated heterocycles. The van der Waals surface area contributed by atoms with Crippen LogP contribution in [-0.2, 0) is 38.8 Å². The van der Waals surface area contributed by atoms with Gasteiger partial charge >= 0.3 is 0 Å². The molecule has 0 radical (unpaired) electrons. The summed E-state index contributed by atoms with van der Waals surface area (Å²) in [5.74, 6) is 0. The van der Waals surface area contributed by atoms with Gasteiger partial charge in [0.05, 0.1) is 26.4 Å². The van der Waals surface area contributed by atoms with Crippen molar-refractivity contribution in [2.24, 2.45) is 0 Å². The van der Waals surface area contributed by atoms with E-state index in [0.717, 1.165) is 16.7 Å². The predicted octanol–water partition coefficient (Wildman–Crippen LogP) is 4.82. The lowest BCUT2D eigenvalue weighted by molar-refractivity contribution is -0.243. The highest BCUT2D eigenvalue weighted by Gasteiger charge is 2.46. The molecule has 1 aliphatic rings. The zero-order valence-corrected chi connectivity index (χ0v) is 20.2. The number of aliphatic hydroxyl groups is 1. The van der Waals surface area contributed by atoms with Crippen molar-refractivity contribution in [2.45, 2.75) is 49.7 Å². The van der Waals surface area contributed by atoms with Crippen molar-refractivity contribution in [3.63, 3.8) is 0 Å². The molecule has 5 atom stereocenters. The zero-order valence-electron chi connectivity index (χ0n) is 19.4. The van der Waals surface area contributed by atoms with E-state index in [9.17, 15) is 5.11 Å². The van der Waals surface area contributed by atoms with Gasteiger partial charge in [0.15, 0.2) is 0 Å². The standard InChI is InChI=1S/C28H32O5S/c1-34-28-25(29)27(32-19-23-15-9-4-10-16-23)26(31-18-22-13-7-3-8-14-22)24(33-28)20-30-17-21-11-5-2-6-12-21/h2-16,24-29H,17-20H2,1H3/t24?,25?,26-,27+,28-/m0/s1. The Hall–Kier alpha value is -2.19. The third-order valence-corrected chi connectivity index (χ3v) is 6.67. The molecular weight excluding hydrogens is 448 g/mol. The normalized spacial score (nSPS) is 24.7. The van der Waals surface area contributed by atoms with Gasteiger partial charge < -0.3 is 24.1 Å². The molecule has 34 heavy (non-hydrogen) atoms. The molecule has 1 N–H and O–H groups in total. The van der Waals surface area contributed by atoms with Gasteiger partial charge in [-0.3, -0.25) is 0 Å². The molecule has 6 heteroatoms. The Kier molecular flexibility index (Phi) is 9.56. The predicted molar refractivity (Wildman–Crippen MR) is 134 cm³/mol. The summed E-state index contributed by atoms with van der Waals surface area (Å²) < 4.78 is 24.9. The molecule has 0 amide bonds. The van der Waals surface area contributed by atoms with E-state index in [1.807, 2.05) is 97.3 Å². The van der Waals surface area contributed by atoms with Gasteiger partial charge in [-0.15, -0.1) is 11.8 Å². The van der Waals surface area contributed by atoms with E-state index in [1.165, 1.54) is 11.8 Å². The fourth-order valence-corrected chi connectivity index (χ4v) is 4.70. The van der Waals surface area contributed by atoms with Gasteiger partial charge in [0.25, 0.3) is 0 Å². The molecular formula is C28H32O5S. The number of aliphatic hydroxyl groups excluding tert-OH is 1. The van der Waals surface area contributed by atoms with Gasteiger partial charge in [0, 0.05) is 0 Å². The van der Waals surface area contributed by atoms with Crippen molar-refractivity contribution in [1.29, 1.82) is 0 Å². The van der Waals surface area contributed by atoms with Crippen LogP contribution in [0.15, 0.2) is 91.0 Å². The van der Waals surface area contributed by atoms with E-state index in [-0.39, 0.29) is 6.10 Å². The van der Waals surface area contributed by atoms with E-state index in [2.05, 4.69) is 0 Å². The second kappa shape index (κ2) is 13.0. The van der Waals surface area contributed by atoms with Gasteiger partial charge in [-0.2, -0.15) is 0 Å². The first-order valence-corrected chi connectivity index (χ1v) is 12.8. The first kappa shape index (κ1) is 24.9. The molecule has 3 aromatic rings. The van der Waals surface area contributed by atoms with Crippen LogP contribution in [0.5, 0.6) is 0 Å². The van der Waals surface area contributed by atoms with Crippen molar-refractivity contribution in [1.82, 2.24) is 0 Å². The lowest BCUT2D eigenvalue weighted by Crippen LogP contribution is -2.59. The minimum atomic E-state index is -0.829. The van der Waals surface area contributed by atoms with Crippen LogP contribution in [0, 0.1) is 0 Å². The summed E-state index contributed by atoms with van der Waals surface area (Å²) in [5.41, 5.74) is 2.76. The average molecular weight is 481 g/mol. The molecule has 2 unspecified atom stereocenters. The molecule has 0 aromatic heterocycles. The van der Waals surface area contributed by atoms with Crippen molar-refractivity contribution in [3.8, 4) is 0 Å². The number of hydrogen-bond acceptors (Lipinski definition) is 6. The highest BCUT2D eigenvalue weighted by molar-refractivity contribution is 7.99. The fraction of sp³-hybridized carbons (Fsp3) is 0.357. The third kappa shape index (κ3) is 6.92. The van der Waals surface area contributed by atoms with Crippen LogP contribution < -0.4 is 0 Å². The first-order valence-electron chi connectivity index (χ1n) is 11.5. The zero-order chi connectivity index (χ0) is 23.6. The van der Waals surface area contributed by atoms with E-state index in [1.54, 1.807) is 0 Å². The minimum Gasteiger partial charge on any atom is -0.387 e. The average Bonchev–Trinajstić information content (AvgIpc) is 2.89. The smallest absolute Gasteiger partial charge is 0.132 e. The fourth-order valence-electron chi connectivity index (χ4n) is 4.02. The van der Waals surface area contributed by atoms with Crippen LogP contribution in [0.4, 0.5) is 0 Å². The summed E-state index contributed by atoms with van der Waals surface area (Å²) in [6.07, 6.45) is -0.327. The van der Waals surface area contributed by atoms with Crippen molar-refractivity contribution < 1.29 is 24.1 Å². The molecule has 1 aliphatic heterocycles. The van der Waals surface area contributed by atoms with Crippen molar-refractivity contribution >= 4 is 11.8 Å². The molecule has 0 aliphatic carbocycles. The molecule has 1 fully saturated rings. The number of benzene rings is 3. The summed E-state index contributed by atoms with van der Waals surface area (Å²) in [6, 6.07) is 30.0. The topological polar surface area (TPSA) is 57.2 Å². The SMILES string of the molecule is CS[C@@H]1OC(COCc2ccccc2)[C@H](OCc2ccccc2)[C@H](OCc2ccccc2)C1O. The van der Waals surface area contributed by atoms with Gasteiger partial charge in [-0.25, -0.2) is 0 Å². The van der Waals surface area contributed by atoms with Crippen LogP contribution in [0.2, 0.25) is 0 Å². The quantitative estimate of drug-likeness (QED) is 0.425. The number of thioether (sulfide) groups is 1. The highest BCUT2D eigenvalue weighted by atomic mass is 32.2. The molecule has 0 spiro atoms. The van der Waals surface area contributed by atoms with Crippen LogP contribution >= 0.6 is 11.8 Å². The van der Waals surface area contributed by atoms with Gasteiger partial charge in [-0.05, 0) is 22.9 Å². The largest absolute Gasteiger partial charge is 0.387 e. The summed E-state index contributed by atoms with van der Waals surface area (Å²) in [6.45, 7) is 1.59. The lowest BCUT2D eigenvalue weighted by atomic mass is 9.99. The third-order valence-electron chi connectivity index (χ3n) is 5.81. The van der Waals surface area contributed by atoms with Gasteiger partial charge in [-0.1, -0.05) is 91.0 Å². The van der Waals surface area contributed by atoms with Crippen molar-refractivity contribution in [2.75, 3.05) is 12.9 Å². The molecule has 1 heterocycles. The summed E-state index contributed by atoms with van der Waals surface area (Å²) in [7, 11) is 0. The Labute approximate surface area is 206 Å². The second-order valence-corrected chi connectivity index (χ2v) is 9.23. The van der Waals surface area contributed by atoms with Crippen LogP contribution in [0.1, 0.15) is 16.7 Å². The Balaban J connectivity index is 1.48. The molecule has 5 nitrogen and oxygen atoms in total. The summed E-state index contributed by atoms with van der Waals surface area (Å²) >= 11 is 1.47. The molecule has 0 bridgehead atoms. The van der Waals surface area contributed by atoms with Crippen LogP contribution in [0.25, 0.3) is 0 Å². The Morgan fingerprint density at radius 2 is 1.18 bits per heavy atom. The second-order valence-electron chi connectivity index (χ2n) is 8.29. The molecule has 4 rings (SSSR count). The highest BCUT2D eigenvalue weighted by Crippen LogP contribution is 2.32. The monoisotopic (exact) mass is 480 g/mol. The van der Waals surface area contributed by atoms with Crippen LogP contribution in [-0.4, -0.2) is 47.8 Å². The van der Waals surface area contributed by atoms with Crippen molar-refractivity contribution in [3.05, 3.63) is 108 Å². The summed E-state index contributed by atoms with van der Waals surface area (Å²) in [5, 5.41) is 11.1. The number of hydrogen-bond donors (Lipinski definition) is 1.